The Hall–Kier alpha value is 0.230. The van der Waals surface area contributed by atoms with Crippen LogP contribution in [0.3, 0.4) is 0 Å². The summed E-state index contributed by atoms with van der Waals surface area (Å²) in [6, 6.07) is 1.32. The van der Waals surface area contributed by atoms with Crippen molar-refractivity contribution in [3.63, 3.8) is 0 Å². The molecule has 1 rings (SSSR count). The Balaban J connectivity index is 2.39. The molecule has 0 aromatic carbocycles. The van der Waals surface area contributed by atoms with E-state index in [1.54, 1.807) is 0 Å². The van der Waals surface area contributed by atoms with E-state index in [9.17, 15) is 0 Å². The highest BCUT2D eigenvalue weighted by molar-refractivity contribution is 7.98. The molecule has 1 saturated heterocycles. The lowest BCUT2D eigenvalue weighted by molar-refractivity contribution is 0.0946. The summed E-state index contributed by atoms with van der Waals surface area (Å²) in [5.41, 5.74) is 5.95. The molecular weight excluding hydrogens is 230 g/mol. The van der Waals surface area contributed by atoms with E-state index in [1.165, 1.54) is 44.5 Å². The van der Waals surface area contributed by atoms with E-state index >= 15 is 0 Å². The molecule has 0 aromatic rings. The Bertz CT molecular complexity index is 199. The van der Waals surface area contributed by atoms with Crippen LogP contribution in [0.25, 0.3) is 0 Å². The summed E-state index contributed by atoms with van der Waals surface area (Å²) in [6.45, 7) is 3.26. The molecule has 2 atom stereocenters. The molecule has 0 amide bonds. The van der Waals surface area contributed by atoms with Crippen LogP contribution < -0.4 is 5.73 Å². The van der Waals surface area contributed by atoms with Crippen molar-refractivity contribution in [2.24, 2.45) is 5.73 Å². The van der Waals surface area contributed by atoms with Crippen LogP contribution in [-0.2, 0) is 0 Å². The fourth-order valence-corrected chi connectivity index (χ4v) is 3.10. The first-order valence-corrected chi connectivity index (χ1v) is 8.18. The van der Waals surface area contributed by atoms with Gasteiger partial charge in [-0.3, -0.25) is 4.90 Å². The van der Waals surface area contributed by atoms with Gasteiger partial charge >= 0.3 is 0 Å². The fourth-order valence-electron chi connectivity index (χ4n) is 2.65. The summed E-state index contributed by atoms with van der Waals surface area (Å²) < 4.78 is 0. The van der Waals surface area contributed by atoms with E-state index in [-0.39, 0.29) is 0 Å². The molecule has 0 aromatic heterocycles. The first-order chi connectivity index (χ1) is 8.19. The maximum Gasteiger partial charge on any atom is 0.0219 e. The number of thioether (sulfide) groups is 1. The van der Waals surface area contributed by atoms with Gasteiger partial charge in [0.1, 0.15) is 0 Å². The van der Waals surface area contributed by atoms with Gasteiger partial charge in [-0.2, -0.15) is 11.8 Å². The number of nitrogens with zero attached hydrogens (tertiary/aromatic N) is 2. The van der Waals surface area contributed by atoms with E-state index in [1.807, 2.05) is 11.8 Å². The third-order valence-corrected chi connectivity index (χ3v) is 4.53. The van der Waals surface area contributed by atoms with E-state index < -0.39 is 0 Å². The van der Waals surface area contributed by atoms with Crippen LogP contribution in [0.1, 0.15) is 25.7 Å². The third-order valence-electron chi connectivity index (χ3n) is 3.83. The molecule has 2 unspecified atom stereocenters. The topological polar surface area (TPSA) is 32.5 Å². The molecule has 0 aliphatic carbocycles. The molecular formula is C13H29N3S. The molecule has 0 spiro atoms. The van der Waals surface area contributed by atoms with Crippen LogP contribution in [0.2, 0.25) is 0 Å². The van der Waals surface area contributed by atoms with Crippen LogP contribution in [0.15, 0.2) is 0 Å². The van der Waals surface area contributed by atoms with Gasteiger partial charge < -0.3 is 10.6 Å². The highest BCUT2D eigenvalue weighted by Crippen LogP contribution is 2.18. The lowest BCUT2D eigenvalue weighted by Crippen LogP contribution is -2.51. The summed E-state index contributed by atoms with van der Waals surface area (Å²) in [5.74, 6) is 1.27. The zero-order chi connectivity index (χ0) is 12.7. The number of nitrogens with two attached hydrogens (primary N) is 1. The van der Waals surface area contributed by atoms with Crippen LogP contribution in [0.5, 0.6) is 0 Å². The van der Waals surface area contributed by atoms with Gasteiger partial charge in [0.15, 0.2) is 0 Å². The van der Waals surface area contributed by atoms with Crippen molar-refractivity contribution in [3.05, 3.63) is 0 Å². The highest BCUT2D eigenvalue weighted by Gasteiger charge is 2.25. The number of likely N-dealkylation sites (N-methyl/N-ethyl adjacent to an activating group) is 1. The minimum atomic E-state index is 0.602. The van der Waals surface area contributed by atoms with Crippen molar-refractivity contribution in [3.8, 4) is 0 Å². The first-order valence-electron chi connectivity index (χ1n) is 6.78. The summed E-state index contributed by atoms with van der Waals surface area (Å²) >= 11 is 1.94. The molecule has 0 bridgehead atoms. The second kappa shape index (κ2) is 8.35. The number of hydrogen-bond acceptors (Lipinski definition) is 4. The zero-order valence-electron chi connectivity index (χ0n) is 11.7. The molecule has 1 aliphatic rings. The predicted molar refractivity (Wildman–Crippen MR) is 78.7 cm³/mol. The number of piperidine rings is 1. The Morgan fingerprint density at radius 1 is 1.47 bits per heavy atom. The Kier molecular flexibility index (Phi) is 7.51. The minimum Gasteiger partial charge on any atom is -0.329 e. The Morgan fingerprint density at radius 2 is 2.24 bits per heavy atom. The molecule has 17 heavy (non-hydrogen) atoms. The van der Waals surface area contributed by atoms with Gasteiger partial charge in [-0.15, -0.1) is 0 Å². The SMILES string of the molecule is CSCCCC(CN)N1CCCC(N(C)C)C1. The van der Waals surface area contributed by atoms with Crippen LogP contribution >= 0.6 is 11.8 Å². The number of hydrogen-bond donors (Lipinski definition) is 1. The molecule has 1 heterocycles. The maximum absolute atomic E-state index is 5.95. The molecule has 2 N–H and O–H groups in total. The van der Waals surface area contributed by atoms with Gasteiger partial charge in [0, 0.05) is 25.2 Å². The summed E-state index contributed by atoms with van der Waals surface area (Å²) in [6.07, 6.45) is 7.40. The van der Waals surface area contributed by atoms with Crippen molar-refractivity contribution in [2.75, 3.05) is 45.7 Å². The van der Waals surface area contributed by atoms with E-state index in [0.717, 1.165) is 12.6 Å². The smallest absolute Gasteiger partial charge is 0.0219 e. The Labute approximate surface area is 111 Å². The lowest BCUT2D eigenvalue weighted by atomic mass is 10.0. The first kappa shape index (κ1) is 15.3. The van der Waals surface area contributed by atoms with Gasteiger partial charge in [0.25, 0.3) is 0 Å². The third kappa shape index (κ3) is 5.16. The van der Waals surface area contributed by atoms with Crippen molar-refractivity contribution in [1.82, 2.24) is 9.80 Å². The molecule has 1 aliphatic heterocycles. The maximum atomic E-state index is 5.95. The largest absolute Gasteiger partial charge is 0.329 e. The van der Waals surface area contributed by atoms with E-state index in [4.69, 9.17) is 5.73 Å². The van der Waals surface area contributed by atoms with Gasteiger partial charge in [-0.05, 0) is 58.3 Å². The van der Waals surface area contributed by atoms with Crippen LogP contribution in [0.4, 0.5) is 0 Å². The van der Waals surface area contributed by atoms with Crippen LogP contribution in [0, 0.1) is 0 Å². The molecule has 4 heteroatoms. The fraction of sp³-hybridized carbons (Fsp3) is 1.00. The van der Waals surface area contributed by atoms with Crippen molar-refractivity contribution >= 4 is 11.8 Å². The molecule has 3 nitrogen and oxygen atoms in total. The van der Waals surface area contributed by atoms with E-state index in [2.05, 4.69) is 30.2 Å². The van der Waals surface area contributed by atoms with Crippen molar-refractivity contribution in [2.45, 2.75) is 37.8 Å². The van der Waals surface area contributed by atoms with Gasteiger partial charge in [-0.1, -0.05) is 0 Å². The van der Waals surface area contributed by atoms with Crippen molar-refractivity contribution in [1.29, 1.82) is 0 Å². The summed E-state index contributed by atoms with van der Waals surface area (Å²) in [4.78, 5) is 4.98. The summed E-state index contributed by atoms with van der Waals surface area (Å²) in [7, 11) is 4.39. The second-order valence-electron chi connectivity index (χ2n) is 5.28. The normalized spacial score (nSPS) is 24.2. The zero-order valence-corrected chi connectivity index (χ0v) is 12.5. The van der Waals surface area contributed by atoms with Crippen LogP contribution in [-0.4, -0.2) is 67.6 Å². The molecule has 1 fully saturated rings. The van der Waals surface area contributed by atoms with E-state index in [0.29, 0.717) is 6.04 Å². The Morgan fingerprint density at radius 3 is 2.82 bits per heavy atom. The quantitative estimate of drug-likeness (QED) is 0.702. The molecule has 0 saturated carbocycles. The monoisotopic (exact) mass is 259 g/mol. The second-order valence-corrected chi connectivity index (χ2v) is 6.26. The minimum absolute atomic E-state index is 0.602. The number of rotatable bonds is 7. The van der Waals surface area contributed by atoms with Gasteiger partial charge in [0.2, 0.25) is 0 Å². The average Bonchev–Trinajstić information content (AvgIpc) is 2.35. The standard InChI is InChI=1S/C13H29N3S/c1-15(2)13-6-4-8-16(11-13)12(10-14)7-5-9-17-3/h12-13H,4-11,14H2,1-3H3. The van der Waals surface area contributed by atoms with Crippen molar-refractivity contribution < 1.29 is 0 Å². The molecule has 0 radical (unpaired) electrons. The summed E-state index contributed by atoms with van der Waals surface area (Å²) in [5, 5.41) is 0. The van der Waals surface area contributed by atoms with Gasteiger partial charge in [0.05, 0.1) is 0 Å². The molecule has 102 valence electrons. The highest BCUT2D eigenvalue weighted by atomic mass is 32.2. The average molecular weight is 259 g/mol. The number of likely N-dealkylation sites (tertiary alicyclic amines) is 1. The predicted octanol–water partition coefficient (Wildman–Crippen LogP) is 1.48. The lowest BCUT2D eigenvalue weighted by Gasteiger charge is -2.40. The van der Waals surface area contributed by atoms with Gasteiger partial charge in [-0.25, -0.2) is 0 Å².